The molecule has 2 aromatic rings. The number of fused-ring (bicyclic) bond motifs is 1. The van der Waals surface area contributed by atoms with Crippen molar-refractivity contribution >= 4 is 27.5 Å². The zero-order chi connectivity index (χ0) is 17.0. The molecule has 0 aliphatic heterocycles. The number of thiophene rings is 1. The van der Waals surface area contributed by atoms with E-state index >= 15 is 0 Å². The summed E-state index contributed by atoms with van der Waals surface area (Å²) in [4.78, 5) is 37.2. The minimum Gasteiger partial charge on any atom is -0.355 e. The van der Waals surface area contributed by atoms with Crippen molar-refractivity contribution in [3.05, 3.63) is 32.3 Å². The van der Waals surface area contributed by atoms with Gasteiger partial charge in [0.15, 0.2) is 0 Å². The van der Waals surface area contributed by atoms with E-state index in [0.717, 1.165) is 12.8 Å². The molecule has 0 aliphatic carbocycles. The number of nitrogens with one attached hydrogen (secondary N) is 1. The molecule has 0 atom stereocenters. The van der Waals surface area contributed by atoms with Gasteiger partial charge in [0.2, 0.25) is 5.91 Å². The summed E-state index contributed by atoms with van der Waals surface area (Å²) in [6.45, 7) is 6.95. The van der Waals surface area contributed by atoms with Gasteiger partial charge in [0.25, 0.3) is 5.56 Å². The maximum absolute atomic E-state index is 12.7. The first-order chi connectivity index (χ1) is 11.0. The fourth-order valence-corrected chi connectivity index (χ4v) is 3.18. The van der Waals surface area contributed by atoms with Crippen molar-refractivity contribution in [1.29, 1.82) is 0 Å². The third-order valence-electron chi connectivity index (χ3n) is 3.64. The quantitative estimate of drug-likeness (QED) is 0.837. The summed E-state index contributed by atoms with van der Waals surface area (Å²) in [5.41, 5.74) is -0.128. The van der Waals surface area contributed by atoms with Crippen LogP contribution in [0.4, 0.5) is 0 Å². The van der Waals surface area contributed by atoms with Gasteiger partial charge in [-0.05, 0) is 30.2 Å². The van der Waals surface area contributed by atoms with Crippen molar-refractivity contribution in [2.24, 2.45) is 5.92 Å². The largest absolute Gasteiger partial charge is 0.355 e. The van der Waals surface area contributed by atoms with Gasteiger partial charge in [-0.3, -0.25) is 18.7 Å². The maximum atomic E-state index is 12.7. The summed E-state index contributed by atoms with van der Waals surface area (Å²) in [5.74, 6) is 0.178. The van der Waals surface area contributed by atoms with Crippen molar-refractivity contribution < 1.29 is 4.79 Å². The van der Waals surface area contributed by atoms with Crippen molar-refractivity contribution in [2.45, 2.75) is 46.7 Å². The van der Waals surface area contributed by atoms with Crippen molar-refractivity contribution in [3.63, 3.8) is 0 Å². The van der Waals surface area contributed by atoms with Gasteiger partial charge in [0.05, 0.1) is 5.52 Å². The van der Waals surface area contributed by atoms with E-state index in [1.165, 1.54) is 20.5 Å². The molecule has 2 rings (SSSR count). The van der Waals surface area contributed by atoms with Crippen LogP contribution in [0.2, 0.25) is 0 Å². The SMILES string of the molecule is CCCNC(=O)Cn1c(=O)n(CCC(C)C)c(=O)c2sccc21. The molecule has 6 nitrogen and oxygen atoms in total. The molecule has 0 saturated heterocycles. The summed E-state index contributed by atoms with van der Waals surface area (Å²) in [6.07, 6.45) is 1.58. The topological polar surface area (TPSA) is 73.1 Å². The molecule has 126 valence electrons. The fraction of sp³-hybridized carbons (Fsp3) is 0.562. The number of nitrogens with zero attached hydrogens (tertiary/aromatic N) is 2. The van der Waals surface area contributed by atoms with E-state index in [-0.39, 0.29) is 18.0 Å². The van der Waals surface area contributed by atoms with Gasteiger partial charge in [-0.1, -0.05) is 20.8 Å². The Morgan fingerprint density at radius 3 is 2.70 bits per heavy atom. The molecule has 0 aromatic carbocycles. The molecule has 2 aromatic heterocycles. The third kappa shape index (κ3) is 3.90. The molecule has 0 aliphatic rings. The first-order valence-electron chi connectivity index (χ1n) is 7.93. The van der Waals surface area contributed by atoms with Gasteiger partial charge < -0.3 is 5.32 Å². The lowest BCUT2D eigenvalue weighted by Crippen LogP contribution is -2.42. The van der Waals surface area contributed by atoms with Crippen molar-refractivity contribution in [2.75, 3.05) is 6.54 Å². The summed E-state index contributed by atoms with van der Waals surface area (Å²) in [6, 6.07) is 1.72. The molecule has 0 fully saturated rings. The number of carbonyl (C=O) groups is 1. The minimum absolute atomic E-state index is 0.0615. The normalized spacial score (nSPS) is 11.3. The standard InChI is InChI=1S/C16H23N3O3S/c1-4-7-17-13(20)10-19-12-6-9-23-14(12)15(21)18(16(19)22)8-5-11(2)3/h6,9,11H,4-5,7-8,10H2,1-3H3,(H,17,20). The second kappa shape index (κ2) is 7.59. The average Bonchev–Trinajstić information content (AvgIpc) is 2.98. The number of amides is 1. The predicted molar refractivity (Wildman–Crippen MR) is 93.1 cm³/mol. The Balaban J connectivity index is 2.46. The number of hydrogen-bond acceptors (Lipinski definition) is 4. The van der Waals surface area contributed by atoms with E-state index in [1.807, 2.05) is 20.8 Å². The minimum atomic E-state index is -0.409. The molecule has 0 bridgehead atoms. The third-order valence-corrected chi connectivity index (χ3v) is 4.53. The second-order valence-corrected chi connectivity index (χ2v) is 6.91. The molecule has 0 radical (unpaired) electrons. The second-order valence-electron chi connectivity index (χ2n) is 5.99. The highest BCUT2D eigenvalue weighted by molar-refractivity contribution is 7.17. The highest BCUT2D eigenvalue weighted by Gasteiger charge is 2.16. The zero-order valence-corrected chi connectivity index (χ0v) is 14.6. The lowest BCUT2D eigenvalue weighted by atomic mass is 10.1. The van der Waals surface area contributed by atoms with Crippen LogP contribution in [0, 0.1) is 5.92 Å². The van der Waals surface area contributed by atoms with E-state index in [4.69, 9.17) is 0 Å². The Morgan fingerprint density at radius 2 is 2.04 bits per heavy atom. The molecular weight excluding hydrogens is 314 g/mol. The average molecular weight is 337 g/mol. The number of hydrogen-bond donors (Lipinski definition) is 1. The van der Waals surface area contributed by atoms with Gasteiger partial charge in [-0.25, -0.2) is 4.79 Å². The van der Waals surface area contributed by atoms with E-state index in [2.05, 4.69) is 5.32 Å². The summed E-state index contributed by atoms with van der Waals surface area (Å²) in [5, 5.41) is 4.54. The number of rotatable bonds is 7. The Labute approximate surface area is 138 Å². The van der Waals surface area contributed by atoms with Crippen LogP contribution < -0.4 is 16.6 Å². The number of aromatic nitrogens is 2. The molecule has 7 heteroatoms. The first kappa shape index (κ1) is 17.5. The van der Waals surface area contributed by atoms with Crippen molar-refractivity contribution in [1.82, 2.24) is 14.5 Å². The van der Waals surface area contributed by atoms with Crippen LogP contribution in [0.25, 0.3) is 10.2 Å². The molecule has 0 spiro atoms. The van der Waals surface area contributed by atoms with Crippen LogP contribution in [-0.2, 0) is 17.9 Å². The Bertz CT molecular complexity index is 801. The molecule has 1 N–H and O–H groups in total. The molecule has 0 saturated carbocycles. The highest BCUT2D eigenvalue weighted by atomic mass is 32.1. The lowest BCUT2D eigenvalue weighted by molar-refractivity contribution is -0.121. The van der Waals surface area contributed by atoms with Crippen LogP contribution in [0.1, 0.15) is 33.6 Å². The molecule has 0 unspecified atom stereocenters. The van der Waals surface area contributed by atoms with Crippen LogP contribution in [0.3, 0.4) is 0 Å². The summed E-state index contributed by atoms with van der Waals surface area (Å²) >= 11 is 1.31. The zero-order valence-electron chi connectivity index (χ0n) is 13.8. The number of carbonyl (C=O) groups excluding carboxylic acids is 1. The van der Waals surface area contributed by atoms with E-state index in [0.29, 0.717) is 29.2 Å². The summed E-state index contributed by atoms with van der Waals surface area (Å²) < 4.78 is 3.18. The van der Waals surface area contributed by atoms with Crippen LogP contribution >= 0.6 is 11.3 Å². The van der Waals surface area contributed by atoms with Crippen LogP contribution in [0.15, 0.2) is 21.0 Å². The highest BCUT2D eigenvalue weighted by Crippen LogP contribution is 2.15. The summed E-state index contributed by atoms with van der Waals surface area (Å²) in [7, 11) is 0. The van der Waals surface area contributed by atoms with Gasteiger partial charge in [0.1, 0.15) is 11.2 Å². The van der Waals surface area contributed by atoms with E-state index < -0.39 is 5.69 Å². The van der Waals surface area contributed by atoms with Crippen molar-refractivity contribution in [3.8, 4) is 0 Å². The monoisotopic (exact) mass is 337 g/mol. The van der Waals surface area contributed by atoms with Crippen LogP contribution in [-0.4, -0.2) is 21.6 Å². The van der Waals surface area contributed by atoms with Gasteiger partial charge >= 0.3 is 5.69 Å². The van der Waals surface area contributed by atoms with E-state index in [1.54, 1.807) is 11.4 Å². The molecule has 1 amide bonds. The Hall–Kier alpha value is -1.89. The van der Waals surface area contributed by atoms with Gasteiger partial charge in [-0.15, -0.1) is 11.3 Å². The molecule has 2 heterocycles. The first-order valence-corrected chi connectivity index (χ1v) is 8.81. The maximum Gasteiger partial charge on any atom is 0.332 e. The van der Waals surface area contributed by atoms with Gasteiger partial charge in [-0.2, -0.15) is 0 Å². The Kier molecular flexibility index (Phi) is 5.76. The smallest absolute Gasteiger partial charge is 0.332 e. The molecular formula is C16H23N3O3S. The lowest BCUT2D eigenvalue weighted by Gasteiger charge is -2.13. The van der Waals surface area contributed by atoms with Crippen LogP contribution in [0.5, 0.6) is 0 Å². The molecule has 23 heavy (non-hydrogen) atoms. The predicted octanol–water partition coefficient (Wildman–Crippen LogP) is 1.80. The fourth-order valence-electron chi connectivity index (χ4n) is 2.33. The van der Waals surface area contributed by atoms with E-state index in [9.17, 15) is 14.4 Å². The Morgan fingerprint density at radius 1 is 1.30 bits per heavy atom. The van der Waals surface area contributed by atoms with Gasteiger partial charge in [0, 0.05) is 13.1 Å².